The van der Waals surface area contributed by atoms with Crippen LogP contribution in [0.1, 0.15) is 49.3 Å². The number of thioether (sulfide) groups is 1. The van der Waals surface area contributed by atoms with E-state index in [-0.39, 0.29) is 35.2 Å². The van der Waals surface area contributed by atoms with Gasteiger partial charge in [0.15, 0.2) is 0 Å². The summed E-state index contributed by atoms with van der Waals surface area (Å²) in [5.74, 6) is -0.231. The molecule has 1 saturated carbocycles. The monoisotopic (exact) mass is 476 g/mol. The number of nitrogens with zero attached hydrogens (tertiary/aromatic N) is 1. The summed E-state index contributed by atoms with van der Waals surface area (Å²) < 4.78 is 14.0. The minimum absolute atomic E-state index is 0.125. The number of amides is 2. The quantitative estimate of drug-likeness (QED) is 0.520. The second kappa shape index (κ2) is 11.7. The lowest BCUT2D eigenvalue weighted by Gasteiger charge is -2.29. The van der Waals surface area contributed by atoms with Crippen molar-refractivity contribution in [2.75, 3.05) is 5.75 Å². The van der Waals surface area contributed by atoms with Crippen LogP contribution in [0.4, 0.5) is 4.39 Å². The summed E-state index contributed by atoms with van der Waals surface area (Å²) in [6.45, 7) is 4.13. The number of aryl methyl sites for hydroxylation is 1. The molecule has 0 unspecified atom stereocenters. The Balaban J connectivity index is 1.67. The second-order valence-corrected chi connectivity index (χ2v) is 9.76. The lowest BCUT2D eigenvalue weighted by molar-refractivity contribution is -0.138. The van der Waals surface area contributed by atoms with E-state index < -0.39 is 6.04 Å². The van der Waals surface area contributed by atoms with Gasteiger partial charge >= 0.3 is 0 Å². The van der Waals surface area contributed by atoms with Crippen LogP contribution in [0.5, 0.6) is 0 Å². The van der Waals surface area contributed by atoms with E-state index in [2.05, 4.69) is 5.32 Å². The number of halogens is 2. The molecule has 1 atom stereocenters. The standard InChI is InChI=1S/C25H30ClFN2O2S/c1-17-10-12-19(13-11-17)14-29(18(2)25(31)28-20-6-3-4-7-20)24(30)16-32-15-21-22(26)8-5-9-23(21)27/h5,8-13,18,20H,3-4,6-7,14-16H2,1-2H3,(H,28,31)/t18-/m1/s1. The maximum absolute atomic E-state index is 14.0. The van der Waals surface area contributed by atoms with Gasteiger partial charge < -0.3 is 10.2 Å². The molecule has 4 nitrogen and oxygen atoms in total. The van der Waals surface area contributed by atoms with E-state index in [4.69, 9.17) is 11.6 Å². The van der Waals surface area contributed by atoms with Gasteiger partial charge in [-0.1, -0.05) is 60.3 Å². The van der Waals surface area contributed by atoms with Crippen molar-refractivity contribution in [2.24, 2.45) is 0 Å². The highest BCUT2D eigenvalue weighted by atomic mass is 35.5. The van der Waals surface area contributed by atoms with Crippen LogP contribution in [0.2, 0.25) is 5.02 Å². The number of benzene rings is 2. The predicted octanol–water partition coefficient (Wildman–Crippen LogP) is 5.50. The summed E-state index contributed by atoms with van der Waals surface area (Å²) in [6, 6.07) is 12.1. The fourth-order valence-corrected chi connectivity index (χ4v) is 5.11. The Morgan fingerprint density at radius 2 is 1.88 bits per heavy atom. The second-order valence-electron chi connectivity index (χ2n) is 8.37. The van der Waals surface area contributed by atoms with Crippen molar-refractivity contribution in [1.82, 2.24) is 10.2 Å². The van der Waals surface area contributed by atoms with Crippen molar-refractivity contribution in [3.63, 3.8) is 0 Å². The van der Waals surface area contributed by atoms with E-state index in [0.717, 1.165) is 36.8 Å². The van der Waals surface area contributed by atoms with Gasteiger partial charge in [0.05, 0.1) is 5.75 Å². The van der Waals surface area contributed by atoms with Gasteiger partial charge in [-0.3, -0.25) is 9.59 Å². The highest BCUT2D eigenvalue weighted by molar-refractivity contribution is 7.99. The Bertz CT molecular complexity index is 912. The Hall–Kier alpha value is -2.05. The van der Waals surface area contributed by atoms with E-state index in [1.807, 2.05) is 31.2 Å². The smallest absolute Gasteiger partial charge is 0.242 e. The summed E-state index contributed by atoms with van der Waals surface area (Å²) in [7, 11) is 0. The average molecular weight is 477 g/mol. The molecule has 2 aromatic rings. The summed E-state index contributed by atoms with van der Waals surface area (Å²) >= 11 is 7.40. The summed E-state index contributed by atoms with van der Waals surface area (Å²) in [6.07, 6.45) is 4.23. The third-order valence-electron chi connectivity index (χ3n) is 5.88. The first kappa shape index (κ1) is 24.6. The van der Waals surface area contributed by atoms with Crippen LogP contribution in [0.25, 0.3) is 0 Å². The summed E-state index contributed by atoms with van der Waals surface area (Å²) in [5, 5.41) is 3.45. The van der Waals surface area contributed by atoms with Crippen LogP contribution in [-0.4, -0.2) is 34.6 Å². The van der Waals surface area contributed by atoms with Crippen molar-refractivity contribution in [3.8, 4) is 0 Å². The van der Waals surface area contributed by atoms with Gasteiger partial charge in [-0.15, -0.1) is 11.8 Å². The maximum atomic E-state index is 14.0. The highest BCUT2D eigenvalue weighted by Crippen LogP contribution is 2.25. The molecule has 2 aromatic carbocycles. The number of nitrogens with one attached hydrogen (secondary N) is 1. The van der Waals surface area contributed by atoms with Gasteiger partial charge in [0.1, 0.15) is 11.9 Å². The third-order valence-corrected chi connectivity index (χ3v) is 7.17. The van der Waals surface area contributed by atoms with Crippen LogP contribution in [0.15, 0.2) is 42.5 Å². The van der Waals surface area contributed by atoms with Gasteiger partial charge in [0.2, 0.25) is 11.8 Å². The lowest BCUT2D eigenvalue weighted by atomic mass is 10.1. The third kappa shape index (κ3) is 6.72. The van der Waals surface area contributed by atoms with Crippen molar-refractivity contribution < 1.29 is 14.0 Å². The molecule has 0 bridgehead atoms. The minimum atomic E-state index is -0.595. The summed E-state index contributed by atoms with van der Waals surface area (Å²) in [4.78, 5) is 27.7. The van der Waals surface area contributed by atoms with Crippen LogP contribution < -0.4 is 5.32 Å². The minimum Gasteiger partial charge on any atom is -0.352 e. The van der Waals surface area contributed by atoms with Crippen molar-refractivity contribution in [2.45, 2.75) is 63.9 Å². The van der Waals surface area contributed by atoms with Gasteiger partial charge in [0.25, 0.3) is 0 Å². The fraction of sp³-hybridized carbons (Fsp3) is 0.440. The van der Waals surface area contributed by atoms with Gasteiger partial charge in [0, 0.05) is 28.9 Å². The number of hydrogen-bond acceptors (Lipinski definition) is 3. The van der Waals surface area contributed by atoms with Gasteiger partial charge in [-0.2, -0.15) is 0 Å². The predicted molar refractivity (Wildman–Crippen MR) is 129 cm³/mol. The molecule has 0 aromatic heterocycles. The zero-order valence-electron chi connectivity index (χ0n) is 18.6. The SMILES string of the molecule is Cc1ccc(CN(C(=O)CSCc2c(F)cccc2Cl)[C@H](C)C(=O)NC2CCCC2)cc1. The molecule has 172 valence electrons. The van der Waals surface area contributed by atoms with Crippen LogP contribution in [-0.2, 0) is 21.9 Å². The molecule has 1 aliphatic rings. The first-order valence-electron chi connectivity index (χ1n) is 11.0. The Morgan fingerprint density at radius 1 is 1.19 bits per heavy atom. The number of hydrogen-bond donors (Lipinski definition) is 1. The highest BCUT2D eigenvalue weighted by Gasteiger charge is 2.28. The van der Waals surface area contributed by atoms with E-state index >= 15 is 0 Å². The molecular weight excluding hydrogens is 447 g/mol. The average Bonchev–Trinajstić information content (AvgIpc) is 3.27. The molecule has 7 heteroatoms. The molecule has 1 aliphatic carbocycles. The summed E-state index contributed by atoms with van der Waals surface area (Å²) in [5.41, 5.74) is 2.49. The molecule has 3 rings (SSSR count). The molecule has 0 heterocycles. The van der Waals surface area contributed by atoms with Gasteiger partial charge in [-0.05, 0) is 44.4 Å². The first-order chi connectivity index (χ1) is 15.3. The van der Waals surface area contributed by atoms with Crippen molar-refractivity contribution in [1.29, 1.82) is 0 Å². The lowest BCUT2D eigenvalue weighted by Crippen LogP contribution is -2.50. The normalized spacial score (nSPS) is 14.9. The molecule has 0 saturated heterocycles. The largest absolute Gasteiger partial charge is 0.352 e. The number of carbonyl (C=O) groups is 2. The maximum Gasteiger partial charge on any atom is 0.242 e. The Labute approximate surface area is 198 Å². The Kier molecular flexibility index (Phi) is 9.00. The Morgan fingerprint density at radius 3 is 2.53 bits per heavy atom. The number of rotatable bonds is 9. The fourth-order valence-electron chi connectivity index (χ4n) is 3.86. The topological polar surface area (TPSA) is 49.4 Å². The molecular formula is C25H30ClFN2O2S. The molecule has 2 amide bonds. The van der Waals surface area contributed by atoms with E-state index in [9.17, 15) is 14.0 Å². The molecule has 0 radical (unpaired) electrons. The molecule has 1 fully saturated rings. The van der Waals surface area contributed by atoms with Crippen LogP contribution >= 0.6 is 23.4 Å². The zero-order valence-corrected chi connectivity index (χ0v) is 20.1. The van der Waals surface area contributed by atoms with E-state index in [1.54, 1.807) is 24.0 Å². The number of carbonyl (C=O) groups excluding carboxylic acids is 2. The molecule has 32 heavy (non-hydrogen) atoms. The van der Waals surface area contributed by atoms with Crippen molar-refractivity contribution >= 4 is 35.2 Å². The molecule has 0 spiro atoms. The van der Waals surface area contributed by atoms with Crippen molar-refractivity contribution in [3.05, 3.63) is 70.0 Å². The van der Waals surface area contributed by atoms with Crippen LogP contribution in [0, 0.1) is 12.7 Å². The molecule has 1 N–H and O–H groups in total. The van der Waals surface area contributed by atoms with Crippen LogP contribution in [0.3, 0.4) is 0 Å². The zero-order chi connectivity index (χ0) is 23.1. The van der Waals surface area contributed by atoms with E-state index in [1.165, 1.54) is 17.8 Å². The van der Waals surface area contributed by atoms with Gasteiger partial charge in [-0.25, -0.2) is 4.39 Å². The van der Waals surface area contributed by atoms with E-state index in [0.29, 0.717) is 17.1 Å². The first-order valence-corrected chi connectivity index (χ1v) is 12.5. The molecule has 0 aliphatic heterocycles.